The van der Waals surface area contributed by atoms with Gasteiger partial charge in [-0.1, -0.05) is 25.5 Å². The molecule has 1 fully saturated rings. The molecule has 1 heterocycles. The quantitative estimate of drug-likeness (QED) is 0.399. The minimum Gasteiger partial charge on any atom is -0.365 e. The van der Waals surface area contributed by atoms with E-state index in [0.717, 1.165) is 5.92 Å². The molecule has 2 atom stereocenters. The summed E-state index contributed by atoms with van der Waals surface area (Å²) in [7, 11) is 0. The smallest absolute Gasteiger partial charge is 0.103 e. The van der Waals surface area contributed by atoms with Crippen LogP contribution in [0, 0.1) is 5.92 Å². The lowest BCUT2D eigenvalue weighted by Gasteiger charge is -2.12. The third kappa shape index (κ3) is 0.988. The number of hydrogen-bond donors (Lipinski definition) is 0. The molecule has 0 radical (unpaired) electrons. The molecule has 0 saturated carbocycles. The van der Waals surface area contributed by atoms with Gasteiger partial charge < -0.3 is 4.74 Å². The number of rotatable bonds is 1. The fourth-order valence-corrected chi connectivity index (χ4v) is 1.62. The second-order valence-electron chi connectivity index (χ2n) is 3.57. The summed E-state index contributed by atoms with van der Waals surface area (Å²) < 4.78 is 5.38. The topological polar surface area (TPSA) is 12.5 Å². The van der Waals surface area contributed by atoms with Crippen molar-refractivity contribution in [2.75, 3.05) is 0 Å². The normalized spacial score (nSPS) is 37.3. The monoisotopic (exact) mass is 138 g/mol. The van der Waals surface area contributed by atoms with Gasteiger partial charge in [-0.05, 0) is 18.8 Å². The summed E-state index contributed by atoms with van der Waals surface area (Å²) in [6.45, 7) is 4.52. The molecule has 1 aliphatic heterocycles. The van der Waals surface area contributed by atoms with Crippen LogP contribution >= 0.6 is 0 Å². The first kappa shape index (κ1) is 6.41. The molecule has 0 amide bonds. The summed E-state index contributed by atoms with van der Waals surface area (Å²) in [4.78, 5) is 0. The van der Waals surface area contributed by atoms with Crippen LogP contribution in [0.1, 0.15) is 26.7 Å². The molecule has 0 aromatic heterocycles. The van der Waals surface area contributed by atoms with Gasteiger partial charge in [-0.3, -0.25) is 0 Å². The fraction of sp³-hybridized carbons (Fsp3) is 0.778. The number of fused-ring (bicyclic) bond motifs is 1. The second-order valence-corrected chi connectivity index (χ2v) is 3.57. The lowest BCUT2D eigenvalue weighted by molar-refractivity contribution is 0.384. The van der Waals surface area contributed by atoms with E-state index in [4.69, 9.17) is 4.74 Å². The van der Waals surface area contributed by atoms with E-state index in [0.29, 0.717) is 12.2 Å². The van der Waals surface area contributed by atoms with Crippen LogP contribution in [0.2, 0.25) is 0 Å². The van der Waals surface area contributed by atoms with Crippen LogP contribution in [-0.4, -0.2) is 12.2 Å². The summed E-state index contributed by atoms with van der Waals surface area (Å²) in [6.07, 6.45) is 5.94. The van der Waals surface area contributed by atoms with Crippen LogP contribution in [0.3, 0.4) is 0 Å². The molecule has 0 spiro atoms. The Hall–Kier alpha value is -0.300. The molecule has 56 valence electrons. The van der Waals surface area contributed by atoms with Gasteiger partial charge in [0.1, 0.15) is 6.10 Å². The zero-order valence-electron chi connectivity index (χ0n) is 6.63. The van der Waals surface area contributed by atoms with Crippen molar-refractivity contribution in [3.05, 3.63) is 11.6 Å². The van der Waals surface area contributed by atoms with Gasteiger partial charge in [-0.25, -0.2) is 0 Å². The summed E-state index contributed by atoms with van der Waals surface area (Å²) in [5, 5.41) is 0. The van der Waals surface area contributed by atoms with E-state index in [1.807, 2.05) is 0 Å². The Labute approximate surface area is 62.1 Å². The maximum Gasteiger partial charge on any atom is 0.103 e. The molecule has 1 heteroatoms. The first-order chi connectivity index (χ1) is 4.77. The minimum absolute atomic E-state index is 0.506. The van der Waals surface area contributed by atoms with Crippen molar-refractivity contribution in [3.8, 4) is 0 Å². The average molecular weight is 138 g/mol. The zero-order chi connectivity index (χ0) is 7.14. The number of hydrogen-bond acceptors (Lipinski definition) is 1. The molecule has 0 N–H and O–H groups in total. The van der Waals surface area contributed by atoms with Crippen LogP contribution in [0.15, 0.2) is 11.6 Å². The summed E-state index contributed by atoms with van der Waals surface area (Å²) in [6, 6.07) is 0. The highest BCUT2D eigenvalue weighted by Gasteiger charge is 2.39. The Kier molecular flexibility index (Phi) is 1.34. The minimum atomic E-state index is 0.506. The highest BCUT2D eigenvalue weighted by atomic mass is 16.6. The maximum atomic E-state index is 5.38. The molecule has 1 saturated heterocycles. The molecule has 0 bridgehead atoms. The Morgan fingerprint density at radius 3 is 3.00 bits per heavy atom. The van der Waals surface area contributed by atoms with Gasteiger partial charge >= 0.3 is 0 Å². The van der Waals surface area contributed by atoms with E-state index in [1.54, 1.807) is 5.57 Å². The molecule has 1 nitrogen and oxygen atoms in total. The largest absolute Gasteiger partial charge is 0.365 e. The Morgan fingerprint density at radius 1 is 1.60 bits per heavy atom. The van der Waals surface area contributed by atoms with Crippen molar-refractivity contribution >= 4 is 0 Å². The zero-order valence-corrected chi connectivity index (χ0v) is 6.63. The molecular weight excluding hydrogens is 124 g/mol. The van der Waals surface area contributed by atoms with Gasteiger partial charge in [0.15, 0.2) is 0 Å². The van der Waals surface area contributed by atoms with Crippen molar-refractivity contribution in [2.45, 2.75) is 38.9 Å². The highest BCUT2D eigenvalue weighted by molar-refractivity contribution is 5.18. The molecule has 1 aliphatic carbocycles. The first-order valence-electron chi connectivity index (χ1n) is 4.13. The Bertz CT molecular complexity index is 170. The van der Waals surface area contributed by atoms with E-state index in [1.165, 1.54) is 12.8 Å². The molecule has 0 aromatic carbocycles. The standard InChI is InChI=1S/C9H14O/c1-6(2)7-3-4-8-9(5-7)10-8/h5-6,8-9H,3-4H2,1-2H3. The van der Waals surface area contributed by atoms with Crippen LogP contribution in [0.25, 0.3) is 0 Å². The van der Waals surface area contributed by atoms with E-state index >= 15 is 0 Å². The predicted octanol–water partition coefficient (Wildman–Crippen LogP) is 2.13. The highest BCUT2D eigenvalue weighted by Crippen LogP contribution is 2.36. The van der Waals surface area contributed by atoms with Crippen molar-refractivity contribution in [3.63, 3.8) is 0 Å². The van der Waals surface area contributed by atoms with Gasteiger partial charge in [-0.2, -0.15) is 0 Å². The number of ether oxygens (including phenoxy) is 1. The number of allylic oxidation sites excluding steroid dienone is 1. The molecule has 10 heavy (non-hydrogen) atoms. The molecule has 0 aromatic rings. The lowest BCUT2D eigenvalue weighted by atomic mass is 9.92. The summed E-state index contributed by atoms with van der Waals surface area (Å²) in [5.74, 6) is 0.727. The summed E-state index contributed by atoms with van der Waals surface area (Å²) >= 11 is 0. The summed E-state index contributed by atoms with van der Waals surface area (Å²) in [5.41, 5.74) is 1.60. The predicted molar refractivity (Wildman–Crippen MR) is 40.8 cm³/mol. The van der Waals surface area contributed by atoms with Gasteiger partial charge in [0.05, 0.1) is 6.10 Å². The van der Waals surface area contributed by atoms with Crippen molar-refractivity contribution in [1.82, 2.24) is 0 Å². The lowest BCUT2D eigenvalue weighted by Crippen LogP contribution is -2.05. The number of epoxide rings is 1. The van der Waals surface area contributed by atoms with E-state index < -0.39 is 0 Å². The van der Waals surface area contributed by atoms with Gasteiger partial charge in [0, 0.05) is 0 Å². The van der Waals surface area contributed by atoms with Crippen molar-refractivity contribution in [1.29, 1.82) is 0 Å². The van der Waals surface area contributed by atoms with Gasteiger partial charge in [0.25, 0.3) is 0 Å². The van der Waals surface area contributed by atoms with Crippen LogP contribution in [0.4, 0.5) is 0 Å². The molecule has 2 rings (SSSR count). The molecule has 2 unspecified atom stereocenters. The SMILES string of the molecule is CC(C)C1=CC2OC2CC1. The van der Waals surface area contributed by atoms with Crippen LogP contribution < -0.4 is 0 Å². The fourth-order valence-electron chi connectivity index (χ4n) is 1.62. The van der Waals surface area contributed by atoms with Crippen LogP contribution in [-0.2, 0) is 4.74 Å². The van der Waals surface area contributed by atoms with Gasteiger partial charge in [-0.15, -0.1) is 0 Å². The van der Waals surface area contributed by atoms with E-state index in [9.17, 15) is 0 Å². The third-order valence-corrected chi connectivity index (χ3v) is 2.46. The van der Waals surface area contributed by atoms with Crippen molar-refractivity contribution in [2.24, 2.45) is 5.92 Å². The van der Waals surface area contributed by atoms with Crippen molar-refractivity contribution < 1.29 is 4.74 Å². The van der Waals surface area contributed by atoms with Crippen LogP contribution in [0.5, 0.6) is 0 Å². The third-order valence-electron chi connectivity index (χ3n) is 2.46. The van der Waals surface area contributed by atoms with E-state index in [-0.39, 0.29) is 0 Å². The first-order valence-corrected chi connectivity index (χ1v) is 4.13. The Balaban J connectivity index is 2.07. The van der Waals surface area contributed by atoms with E-state index in [2.05, 4.69) is 19.9 Å². The molecular formula is C9H14O. The van der Waals surface area contributed by atoms with Gasteiger partial charge in [0.2, 0.25) is 0 Å². The maximum absolute atomic E-state index is 5.38. The average Bonchev–Trinajstić information content (AvgIpc) is 2.63. The second kappa shape index (κ2) is 2.09. The molecule has 2 aliphatic rings. The Morgan fingerprint density at radius 2 is 2.40 bits per heavy atom.